The van der Waals surface area contributed by atoms with E-state index in [1.807, 2.05) is 6.08 Å². The zero-order chi connectivity index (χ0) is 12.1. The fraction of sp³-hybridized carbons (Fsp3) is 0. The van der Waals surface area contributed by atoms with Crippen LogP contribution in [0.15, 0.2) is 36.4 Å². The van der Waals surface area contributed by atoms with Crippen molar-refractivity contribution in [2.75, 3.05) is 0 Å². The summed E-state index contributed by atoms with van der Waals surface area (Å²) in [4.78, 5) is 11.5. The predicted octanol–water partition coefficient (Wildman–Crippen LogP) is 2.45. The van der Waals surface area contributed by atoms with Crippen LogP contribution in [0.5, 0.6) is 0 Å². The van der Waals surface area contributed by atoms with Gasteiger partial charge in [-0.25, -0.2) is 0 Å². The zero-order valence-electron chi connectivity index (χ0n) is 10.1. The second-order valence-electron chi connectivity index (χ2n) is 4.68. The lowest BCUT2D eigenvalue weighted by Gasteiger charge is -2.07. The van der Waals surface area contributed by atoms with E-state index in [0.29, 0.717) is 0 Å². The Labute approximate surface area is 116 Å². The molecule has 0 spiro atoms. The summed E-state index contributed by atoms with van der Waals surface area (Å²) in [6.07, 6.45) is 11.5. The van der Waals surface area contributed by atoms with Crippen molar-refractivity contribution >= 4 is 53.3 Å². The SMILES string of the molecule is Cl.O=C1C=Cc2ccc3cc4c(cc3c2=C1)=CC=C4. The second-order valence-corrected chi connectivity index (χ2v) is 4.68. The molecule has 0 aromatic heterocycles. The molecule has 0 heterocycles. The van der Waals surface area contributed by atoms with Gasteiger partial charge in [0.2, 0.25) is 0 Å². The molecule has 4 rings (SSSR count). The molecule has 2 aliphatic carbocycles. The Morgan fingerprint density at radius 3 is 2.68 bits per heavy atom. The van der Waals surface area contributed by atoms with Crippen LogP contribution in [-0.2, 0) is 4.79 Å². The van der Waals surface area contributed by atoms with E-state index in [9.17, 15) is 4.79 Å². The Balaban J connectivity index is 0.00000110. The number of ketones is 1. The van der Waals surface area contributed by atoms with Gasteiger partial charge in [-0.15, -0.1) is 12.4 Å². The number of hydrogen-bond acceptors (Lipinski definition) is 1. The van der Waals surface area contributed by atoms with E-state index >= 15 is 0 Å². The van der Waals surface area contributed by atoms with Crippen molar-refractivity contribution in [3.63, 3.8) is 0 Å². The topological polar surface area (TPSA) is 17.1 Å². The number of rotatable bonds is 0. The molecule has 2 aromatic rings. The van der Waals surface area contributed by atoms with Gasteiger partial charge in [-0.1, -0.05) is 36.4 Å². The Hall–Kier alpha value is -2.12. The first-order valence-corrected chi connectivity index (χ1v) is 6.00. The summed E-state index contributed by atoms with van der Waals surface area (Å²) in [5, 5.41) is 4.62. The van der Waals surface area contributed by atoms with Gasteiger partial charge in [0.25, 0.3) is 0 Å². The Kier molecular flexibility index (Phi) is 2.65. The molecular formula is C17H11ClO. The Morgan fingerprint density at radius 1 is 0.895 bits per heavy atom. The van der Waals surface area contributed by atoms with Crippen LogP contribution in [0, 0.1) is 0 Å². The summed E-state index contributed by atoms with van der Waals surface area (Å²) in [7, 11) is 0. The van der Waals surface area contributed by atoms with Crippen LogP contribution in [-0.4, -0.2) is 5.78 Å². The molecule has 0 bridgehead atoms. The molecule has 1 nitrogen and oxygen atoms in total. The zero-order valence-corrected chi connectivity index (χ0v) is 10.9. The van der Waals surface area contributed by atoms with Gasteiger partial charge in [0.15, 0.2) is 5.78 Å². The first-order valence-electron chi connectivity index (χ1n) is 6.00. The number of halogens is 1. The molecule has 0 atom stereocenters. The van der Waals surface area contributed by atoms with Gasteiger partial charge >= 0.3 is 0 Å². The molecular weight excluding hydrogens is 256 g/mol. The van der Waals surface area contributed by atoms with Crippen LogP contribution in [0.25, 0.3) is 35.1 Å². The van der Waals surface area contributed by atoms with Crippen molar-refractivity contribution in [2.45, 2.75) is 0 Å². The van der Waals surface area contributed by atoms with Gasteiger partial charge < -0.3 is 0 Å². The van der Waals surface area contributed by atoms with E-state index in [2.05, 4.69) is 42.5 Å². The summed E-state index contributed by atoms with van der Waals surface area (Å²) < 4.78 is 0. The molecule has 92 valence electrons. The van der Waals surface area contributed by atoms with Crippen LogP contribution in [0.4, 0.5) is 0 Å². The van der Waals surface area contributed by atoms with Crippen LogP contribution >= 0.6 is 12.4 Å². The van der Waals surface area contributed by atoms with Crippen LogP contribution < -0.4 is 10.4 Å². The van der Waals surface area contributed by atoms with Gasteiger partial charge in [0.05, 0.1) is 0 Å². The second kappa shape index (κ2) is 4.22. The number of carbonyl (C=O) groups is 1. The van der Waals surface area contributed by atoms with E-state index in [1.165, 1.54) is 16.2 Å². The van der Waals surface area contributed by atoms with Crippen LogP contribution in [0.3, 0.4) is 0 Å². The van der Waals surface area contributed by atoms with Gasteiger partial charge in [-0.2, -0.15) is 0 Å². The average Bonchev–Trinajstić information content (AvgIpc) is 2.83. The molecule has 0 saturated carbocycles. The van der Waals surface area contributed by atoms with Crippen LogP contribution in [0.1, 0.15) is 11.1 Å². The minimum Gasteiger partial charge on any atom is -0.290 e. The lowest BCUT2D eigenvalue weighted by Crippen LogP contribution is -2.15. The third-order valence-electron chi connectivity index (χ3n) is 3.56. The van der Waals surface area contributed by atoms with E-state index < -0.39 is 0 Å². The number of carbonyl (C=O) groups excluding carboxylic acids is 1. The molecule has 19 heavy (non-hydrogen) atoms. The standard InChI is InChI=1S/C17H10O.ClH/c18-15-7-6-11-4-5-14-8-12-2-1-3-13(12)9-16(14)17(11)10-15;/h1-10H;1H. The highest BCUT2D eigenvalue weighted by atomic mass is 35.5. The number of fused-ring (bicyclic) bond motifs is 4. The minimum atomic E-state index is 0. The molecule has 2 aliphatic rings. The van der Waals surface area contributed by atoms with Gasteiger partial charge in [-0.3, -0.25) is 4.79 Å². The Bertz CT molecular complexity index is 886. The fourth-order valence-electron chi connectivity index (χ4n) is 2.66. The summed E-state index contributed by atoms with van der Waals surface area (Å²) >= 11 is 0. The Morgan fingerprint density at radius 2 is 1.79 bits per heavy atom. The van der Waals surface area contributed by atoms with Crippen molar-refractivity contribution in [3.05, 3.63) is 58.0 Å². The molecule has 0 saturated heterocycles. The third kappa shape index (κ3) is 1.74. The largest absolute Gasteiger partial charge is 0.290 e. The minimum absolute atomic E-state index is 0. The van der Waals surface area contributed by atoms with Crippen molar-refractivity contribution in [3.8, 4) is 0 Å². The lowest BCUT2D eigenvalue weighted by molar-refractivity contribution is -0.109. The highest BCUT2D eigenvalue weighted by molar-refractivity contribution is 6.18. The molecule has 0 radical (unpaired) electrons. The number of allylic oxidation sites excluding steroid dienone is 2. The summed E-state index contributed by atoms with van der Waals surface area (Å²) in [6, 6.07) is 8.55. The molecule has 0 amide bonds. The molecule has 0 N–H and O–H groups in total. The molecule has 2 aromatic carbocycles. The van der Waals surface area contributed by atoms with Crippen molar-refractivity contribution in [2.24, 2.45) is 0 Å². The van der Waals surface area contributed by atoms with E-state index in [1.54, 1.807) is 12.2 Å². The smallest absolute Gasteiger partial charge is 0.179 e. The van der Waals surface area contributed by atoms with E-state index in [-0.39, 0.29) is 18.2 Å². The lowest BCUT2D eigenvalue weighted by atomic mass is 9.97. The van der Waals surface area contributed by atoms with Gasteiger partial charge in [0, 0.05) is 0 Å². The summed E-state index contributed by atoms with van der Waals surface area (Å²) in [5.41, 5.74) is 2.37. The molecule has 0 unspecified atom stereocenters. The number of hydrogen-bond donors (Lipinski definition) is 0. The predicted molar refractivity (Wildman–Crippen MR) is 82.5 cm³/mol. The fourth-order valence-corrected chi connectivity index (χ4v) is 2.66. The maximum Gasteiger partial charge on any atom is 0.179 e. The quantitative estimate of drug-likeness (QED) is 0.716. The number of benzene rings is 2. The van der Waals surface area contributed by atoms with E-state index in [0.717, 1.165) is 16.2 Å². The van der Waals surface area contributed by atoms with E-state index in [4.69, 9.17) is 0 Å². The van der Waals surface area contributed by atoms with Gasteiger partial charge in [0.1, 0.15) is 0 Å². The molecule has 0 aliphatic heterocycles. The van der Waals surface area contributed by atoms with Gasteiger partial charge in [-0.05, 0) is 56.6 Å². The molecule has 0 fully saturated rings. The first-order chi connectivity index (χ1) is 8.81. The average molecular weight is 267 g/mol. The first kappa shape index (κ1) is 11.9. The van der Waals surface area contributed by atoms with Crippen molar-refractivity contribution < 1.29 is 4.79 Å². The maximum atomic E-state index is 11.5. The monoisotopic (exact) mass is 266 g/mol. The third-order valence-corrected chi connectivity index (χ3v) is 3.56. The highest BCUT2D eigenvalue weighted by Crippen LogP contribution is 2.16. The summed E-state index contributed by atoms with van der Waals surface area (Å²) in [6.45, 7) is 0. The van der Waals surface area contributed by atoms with Crippen LogP contribution in [0.2, 0.25) is 0 Å². The van der Waals surface area contributed by atoms with Crippen molar-refractivity contribution in [1.29, 1.82) is 0 Å². The molecule has 2 heteroatoms. The summed E-state index contributed by atoms with van der Waals surface area (Å²) in [5.74, 6) is 0.0672. The maximum absolute atomic E-state index is 11.5. The normalized spacial score (nSPS) is 14.4. The van der Waals surface area contributed by atoms with Crippen molar-refractivity contribution in [1.82, 2.24) is 0 Å². The highest BCUT2D eigenvalue weighted by Gasteiger charge is 2.07.